The zero-order chi connectivity index (χ0) is 20.9. The maximum atomic E-state index is 13.0. The molecule has 2 rings (SSSR count). The van der Waals surface area contributed by atoms with E-state index in [1.165, 1.54) is 7.11 Å². The van der Waals surface area contributed by atoms with Gasteiger partial charge in [0.25, 0.3) is 0 Å². The van der Waals surface area contributed by atoms with Gasteiger partial charge in [-0.25, -0.2) is 8.42 Å². The summed E-state index contributed by atoms with van der Waals surface area (Å²) in [5.74, 6) is 0.179. The van der Waals surface area contributed by atoms with E-state index in [1.54, 1.807) is 31.2 Å². The van der Waals surface area contributed by atoms with E-state index in [4.69, 9.17) is 4.74 Å². The fourth-order valence-corrected chi connectivity index (χ4v) is 4.26. The summed E-state index contributed by atoms with van der Waals surface area (Å²) in [4.78, 5) is 13.0. The van der Waals surface area contributed by atoms with Crippen molar-refractivity contribution in [2.24, 2.45) is 0 Å². The summed E-state index contributed by atoms with van der Waals surface area (Å²) in [6.45, 7) is 5.67. The Labute approximate surface area is 167 Å². The van der Waals surface area contributed by atoms with Crippen LogP contribution in [0.15, 0.2) is 48.5 Å². The van der Waals surface area contributed by atoms with Crippen molar-refractivity contribution in [1.29, 1.82) is 0 Å². The first-order valence-electron chi connectivity index (χ1n) is 9.17. The largest absolute Gasteiger partial charge is 0.497 e. The van der Waals surface area contributed by atoms with Crippen LogP contribution in [0.5, 0.6) is 5.75 Å². The van der Waals surface area contributed by atoms with Crippen LogP contribution in [0.2, 0.25) is 0 Å². The van der Waals surface area contributed by atoms with E-state index in [1.807, 2.05) is 38.1 Å². The number of nitrogens with zero attached hydrogens (tertiary/aromatic N) is 1. The number of anilines is 1. The minimum absolute atomic E-state index is 0.242. The van der Waals surface area contributed by atoms with E-state index in [0.29, 0.717) is 17.9 Å². The Morgan fingerprint density at radius 3 is 2.36 bits per heavy atom. The topological polar surface area (TPSA) is 75.7 Å². The molecule has 2 unspecified atom stereocenters. The lowest BCUT2D eigenvalue weighted by molar-refractivity contribution is -0.122. The molecular formula is C21H28N2O4S. The van der Waals surface area contributed by atoms with Crippen LogP contribution < -0.4 is 14.4 Å². The van der Waals surface area contributed by atoms with Crippen LogP contribution in [0.25, 0.3) is 0 Å². The highest BCUT2D eigenvalue weighted by Gasteiger charge is 2.32. The summed E-state index contributed by atoms with van der Waals surface area (Å²) in [5.41, 5.74) is 2.49. The quantitative estimate of drug-likeness (QED) is 0.731. The first-order valence-corrected chi connectivity index (χ1v) is 11.0. The lowest BCUT2D eigenvalue weighted by atomic mass is 10.1. The van der Waals surface area contributed by atoms with Crippen molar-refractivity contribution in [2.45, 2.75) is 39.3 Å². The van der Waals surface area contributed by atoms with Gasteiger partial charge in [0.1, 0.15) is 11.8 Å². The van der Waals surface area contributed by atoms with Gasteiger partial charge < -0.3 is 10.1 Å². The predicted octanol–water partition coefficient (Wildman–Crippen LogP) is 3.43. The number of nitrogens with one attached hydrogen (secondary N) is 1. The molecule has 0 aliphatic carbocycles. The Morgan fingerprint density at radius 2 is 1.82 bits per heavy atom. The van der Waals surface area contributed by atoms with Crippen molar-refractivity contribution in [2.75, 3.05) is 17.7 Å². The molecule has 1 N–H and O–H groups in total. The van der Waals surface area contributed by atoms with Gasteiger partial charge in [0, 0.05) is 6.07 Å². The lowest BCUT2D eigenvalue weighted by Gasteiger charge is -2.31. The highest BCUT2D eigenvalue weighted by atomic mass is 32.2. The molecule has 0 aromatic heterocycles. The molecule has 0 bridgehead atoms. The van der Waals surface area contributed by atoms with Gasteiger partial charge in [-0.05, 0) is 38.0 Å². The molecule has 2 atom stereocenters. The zero-order valence-electron chi connectivity index (χ0n) is 17.0. The molecule has 0 saturated carbocycles. The van der Waals surface area contributed by atoms with Crippen molar-refractivity contribution in [1.82, 2.24) is 5.32 Å². The maximum absolute atomic E-state index is 13.0. The van der Waals surface area contributed by atoms with Crippen molar-refractivity contribution >= 4 is 21.6 Å². The Balaban J connectivity index is 2.32. The first kappa shape index (κ1) is 21.8. The second-order valence-corrected chi connectivity index (χ2v) is 8.68. The number of carbonyl (C=O) groups is 1. The number of sulfonamides is 1. The fraction of sp³-hybridized carbons (Fsp3) is 0.381. The normalized spacial score (nSPS) is 13.5. The van der Waals surface area contributed by atoms with Crippen molar-refractivity contribution in [3.8, 4) is 5.75 Å². The lowest BCUT2D eigenvalue weighted by Crippen LogP contribution is -2.49. The minimum Gasteiger partial charge on any atom is -0.497 e. The van der Waals surface area contributed by atoms with E-state index in [-0.39, 0.29) is 11.9 Å². The highest BCUT2D eigenvalue weighted by Crippen LogP contribution is 2.27. The summed E-state index contributed by atoms with van der Waals surface area (Å²) in [6, 6.07) is 13.5. The van der Waals surface area contributed by atoms with Gasteiger partial charge in [-0.1, -0.05) is 42.8 Å². The van der Waals surface area contributed by atoms with E-state index in [9.17, 15) is 13.2 Å². The summed E-state index contributed by atoms with van der Waals surface area (Å²) < 4.78 is 31.4. The first-order chi connectivity index (χ1) is 13.2. The second-order valence-electron chi connectivity index (χ2n) is 6.83. The number of methoxy groups -OCH3 is 1. The number of ether oxygens (including phenoxy) is 1. The Morgan fingerprint density at radius 1 is 1.18 bits per heavy atom. The van der Waals surface area contributed by atoms with Crippen molar-refractivity contribution < 1.29 is 17.9 Å². The van der Waals surface area contributed by atoms with Crippen LogP contribution in [0.1, 0.15) is 37.4 Å². The van der Waals surface area contributed by atoms with Crippen LogP contribution in [0.3, 0.4) is 0 Å². The van der Waals surface area contributed by atoms with Gasteiger partial charge in [0.15, 0.2) is 0 Å². The molecule has 0 heterocycles. The van der Waals surface area contributed by atoms with E-state index in [2.05, 4.69) is 5.32 Å². The number of rotatable bonds is 8. The second kappa shape index (κ2) is 9.10. The summed E-state index contributed by atoms with van der Waals surface area (Å²) in [6.07, 6.45) is 1.43. The smallest absolute Gasteiger partial charge is 0.244 e. The van der Waals surface area contributed by atoms with Crippen LogP contribution in [0, 0.1) is 6.92 Å². The van der Waals surface area contributed by atoms with Crippen molar-refractivity contribution in [3.63, 3.8) is 0 Å². The molecule has 6 nitrogen and oxygen atoms in total. The molecule has 2 aromatic rings. The number of benzene rings is 2. The third-order valence-corrected chi connectivity index (χ3v) is 5.75. The van der Waals surface area contributed by atoms with Gasteiger partial charge >= 0.3 is 0 Å². The predicted molar refractivity (Wildman–Crippen MR) is 112 cm³/mol. The van der Waals surface area contributed by atoms with Crippen LogP contribution in [-0.2, 0) is 14.8 Å². The summed E-state index contributed by atoms with van der Waals surface area (Å²) in [7, 11) is -2.18. The Hall–Kier alpha value is -2.54. The van der Waals surface area contributed by atoms with Crippen LogP contribution in [-0.4, -0.2) is 33.7 Å². The number of aryl methyl sites for hydroxylation is 1. The van der Waals surface area contributed by atoms with Gasteiger partial charge in [0.2, 0.25) is 15.9 Å². The minimum atomic E-state index is -3.69. The van der Waals surface area contributed by atoms with Crippen LogP contribution in [0.4, 0.5) is 5.69 Å². The monoisotopic (exact) mass is 404 g/mol. The zero-order valence-corrected chi connectivity index (χ0v) is 17.8. The highest BCUT2D eigenvalue weighted by molar-refractivity contribution is 7.92. The molecular weight excluding hydrogens is 376 g/mol. The molecule has 7 heteroatoms. The van der Waals surface area contributed by atoms with E-state index in [0.717, 1.165) is 21.7 Å². The third kappa shape index (κ3) is 5.25. The molecule has 2 aromatic carbocycles. The summed E-state index contributed by atoms with van der Waals surface area (Å²) in [5, 5.41) is 2.94. The number of hydrogen-bond acceptors (Lipinski definition) is 4. The van der Waals surface area contributed by atoms with Crippen LogP contribution >= 0.6 is 0 Å². The number of carbonyl (C=O) groups excluding carboxylic acids is 1. The Kier molecular flexibility index (Phi) is 7.07. The SMILES string of the molecule is CCC(C(=O)NC(C)c1ccc(C)cc1)N(c1cccc(OC)c1)S(C)(=O)=O. The Bertz CT molecular complexity index is 910. The van der Waals surface area contributed by atoms with Gasteiger partial charge in [0.05, 0.1) is 25.1 Å². The molecule has 0 aliphatic rings. The average Bonchev–Trinajstić information content (AvgIpc) is 2.65. The molecule has 0 saturated heterocycles. The van der Waals surface area contributed by atoms with Crippen molar-refractivity contribution in [3.05, 3.63) is 59.7 Å². The van der Waals surface area contributed by atoms with E-state index < -0.39 is 16.1 Å². The molecule has 0 radical (unpaired) electrons. The fourth-order valence-electron chi connectivity index (χ4n) is 3.06. The summed E-state index contributed by atoms with van der Waals surface area (Å²) >= 11 is 0. The maximum Gasteiger partial charge on any atom is 0.244 e. The molecule has 152 valence electrons. The molecule has 28 heavy (non-hydrogen) atoms. The molecule has 0 aliphatic heterocycles. The average molecular weight is 405 g/mol. The molecule has 1 amide bonds. The van der Waals surface area contributed by atoms with Gasteiger partial charge in [-0.3, -0.25) is 9.10 Å². The number of amides is 1. The third-order valence-electron chi connectivity index (χ3n) is 4.57. The standard InChI is InChI=1S/C21H28N2O4S/c1-6-20(21(24)22-16(3)17-12-10-15(2)11-13-17)23(28(5,25)26)18-8-7-9-19(14-18)27-4/h7-14,16,20H,6H2,1-5H3,(H,22,24). The van der Waals surface area contributed by atoms with Gasteiger partial charge in [-0.2, -0.15) is 0 Å². The van der Waals surface area contributed by atoms with E-state index >= 15 is 0 Å². The van der Waals surface area contributed by atoms with Gasteiger partial charge in [-0.15, -0.1) is 0 Å². The molecule has 0 fully saturated rings. The molecule has 0 spiro atoms. The number of hydrogen-bond donors (Lipinski definition) is 1.